The molecule has 1 aromatic rings. The molecule has 86 valence electrons. The van der Waals surface area contributed by atoms with Crippen LogP contribution in [0.25, 0.3) is 0 Å². The maximum atomic E-state index is 5.66. The first-order valence-corrected chi connectivity index (χ1v) is 5.29. The average Bonchev–Trinajstić information content (AvgIpc) is 2.44. The summed E-state index contributed by atoms with van der Waals surface area (Å²) in [6, 6.07) is 2.04. The number of aryl methyl sites for hydroxylation is 1. The first kappa shape index (κ1) is 12.3. The van der Waals surface area contributed by atoms with Crippen molar-refractivity contribution < 1.29 is 9.15 Å². The number of hydrogen-bond donors (Lipinski definition) is 1. The molecule has 0 aliphatic rings. The lowest BCUT2D eigenvalue weighted by molar-refractivity contribution is -0.0227. The Kier molecular flexibility index (Phi) is 3.94. The zero-order chi connectivity index (χ0) is 11.5. The lowest BCUT2D eigenvalue weighted by atomic mass is 10.2. The van der Waals surface area contributed by atoms with Crippen LogP contribution in [0.15, 0.2) is 10.5 Å². The lowest BCUT2D eigenvalue weighted by Gasteiger charge is -2.18. The van der Waals surface area contributed by atoms with E-state index in [9.17, 15) is 0 Å². The predicted octanol–water partition coefficient (Wildman–Crippen LogP) is 2.62. The van der Waals surface area contributed by atoms with Crippen LogP contribution >= 0.6 is 0 Å². The van der Waals surface area contributed by atoms with E-state index in [1.165, 1.54) is 5.56 Å². The fraction of sp³-hybridized carbons (Fsp3) is 0.667. The monoisotopic (exact) mass is 211 g/mol. The van der Waals surface area contributed by atoms with E-state index < -0.39 is 0 Å². The second kappa shape index (κ2) is 4.81. The summed E-state index contributed by atoms with van der Waals surface area (Å²) in [7, 11) is 1.91. The standard InChI is InChI=1S/C12H21NO2/c1-9-6-10(8-14-12(2,3)4)15-11(9)7-13-5/h6,13H,7-8H2,1-5H3. The molecular weight excluding hydrogens is 190 g/mol. The van der Waals surface area contributed by atoms with Crippen LogP contribution in [0.4, 0.5) is 0 Å². The third kappa shape index (κ3) is 4.06. The maximum absolute atomic E-state index is 5.66. The molecule has 0 spiro atoms. The number of nitrogens with one attached hydrogen (secondary N) is 1. The van der Waals surface area contributed by atoms with E-state index in [2.05, 4.69) is 12.2 Å². The van der Waals surface area contributed by atoms with Gasteiger partial charge in [-0.15, -0.1) is 0 Å². The first-order valence-electron chi connectivity index (χ1n) is 5.29. The molecule has 0 radical (unpaired) electrons. The summed E-state index contributed by atoms with van der Waals surface area (Å²) < 4.78 is 11.3. The molecule has 0 bridgehead atoms. The van der Waals surface area contributed by atoms with E-state index in [0.717, 1.165) is 18.1 Å². The molecule has 0 aliphatic carbocycles. The van der Waals surface area contributed by atoms with Gasteiger partial charge in [-0.3, -0.25) is 0 Å². The fourth-order valence-corrected chi connectivity index (χ4v) is 1.29. The quantitative estimate of drug-likeness (QED) is 0.831. The van der Waals surface area contributed by atoms with Crippen molar-refractivity contribution in [1.29, 1.82) is 0 Å². The van der Waals surface area contributed by atoms with Crippen LogP contribution in [-0.2, 0) is 17.9 Å². The van der Waals surface area contributed by atoms with Gasteiger partial charge in [0, 0.05) is 0 Å². The normalized spacial score (nSPS) is 12.1. The smallest absolute Gasteiger partial charge is 0.130 e. The molecule has 3 heteroatoms. The van der Waals surface area contributed by atoms with Gasteiger partial charge in [-0.25, -0.2) is 0 Å². The number of hydrogen-bond acceptors (Lipinski definition) is 3. The van der Waals surface area contributed by atoms with Gasteiger partial charge in [-0.2, -0.15) is 0 Å². The van der Waals surface area contributed by atoms with E-state index in [1.807, 2.05) is 33.9 Å². The molecule has 0 amide bonds. The van der Waals surface area contributed by atoms with Crippen molar-refractivity contribution in [3.05, 3.63) is 23.2 Å². The van der Waals surface area contributed by atoms with Gasteiger partial charge in [-0.1, -0.05) is 0 Å². The van der Waals surface area contributed by atoms with E-state index >= 15 is 0 Å². The maximum Gasteiger partial charge on any atom is 0.130 e. The van der Waals surface area contributed by atoms with Crippen molar-refractivity contribution in [1.82, 2.24) is 5.32 Å². The molecule has 1 N–H and O–H groups in total. The van der Waals surface area contributed by atoms with Gasteiger partial charge >= 0.3 is 0 Å². The number of rotatable bonds is 4. The van der Waals surface area contributed by atoms with Gasteiger partial charge in [0.05, 0.1) is 12.1 Å². The van der Waals surface area contributed by atoms with E-state index in [4.69, 9.17) is 9.15 Å². The Balaban J connectivity index is 2.59. The van der Waals surface area contributed by atoms with Gasteiger partial charge in [-0.05, 0) is 46.4 Å². The summed E-state index contributed by atoms with van der Waals surface area (Å²) in [5, 5.41) is 3.08. The van der Waals surface area contributed by atoms with Crippen LogP contribution in [0.1, 0.15) is 37.9 Å². The molecule has 0 unspecified atom stereocenters. The van der Waals surface area contributed by atoms with Crippen LogP contribution < -0.4 is 5.32 Å². The van der Waals surface area contributed by atoms with Crippen LogP contribution in [0.5, 0.6) is 0 Å². The molecule has 0 atom stereocenters. The van der Waals surface area contributed by atoms with Crippen molar-refractivity contribution in [3.63, 3.8) is 0 Å². The molecule has 1 aromatic heterocycles. The zero-order valence-corrected chi connectivity index (χ0v) is 10.3. The van der Waals surface area contributed by atoms with Crippen molar-refractivity contribution in [3.8, 4) is 0 Å². The molecule has 0 saturated heterocycles. The highest BCUT2D eigenvalue weighted by Gasteiger charge is 2.13. The highest BCUT2D eigenvalue weighted by atomic mass is 16.5. The zero-order valence-electron chi connectivity index (χ0n) is 10.3. The second-order valence-corrected chi connectivity index (χ2v) is 4.75. The van der Waals surface area contributed by atoms with E-state index in [-0.39, 0.29) is 5.60 Å². The van der Waals surface area contributed by atoms with Gasteiger partial charge < -0.3 is 14.5 Å². The van der Waals surface area contributed by atoms with Crippen molar-refractivity contribution in [2.45, 2.75) is 46.4 Å². The summed E-state index contributed by atoms with van der Waals surface area (Å²) in [5.74, 6) is 1.89. The summed E-state index contributed by atoms with van der Waals surface area (Å²) in [5.41, 5.74) is 1.06. The Morgan fingerprint density at radius 2 is 2.07 bits per heavy atom. The minimum absolute atomic E-state index is 0.121. The third-order valence-corrected chi connectivity index (χ3v) is 2.06. The Hall–Kier alpha value is -0.800. The molecule has 15 heavy (non-hydrogen) atoms. The van der Waals surface area contributed by atoms with Crippen LogP contribution in [0.3, 0.4) is 0 Å². The molecule has 3 nitrogen and oxygen atoms in total. The van der Waals surface area contributed by atoms with Gasteiger partial charge in [0.15, 0.2) is 0 Å². The largest absolute Gasteiger partial charge is 0.462 e. The molecule has 0 fully saturated rings. The number of furan rings is 1. The Labute approximate surface area is 91.8 Å². The van der Waals surface area contributed by atoms with Gasteiger partial charge in [0.1, 0.15) is 18.1 Å². The molecule has 0 saturated carbocycles. The Morgan fingerprint density at radius 1 is 1.40 bits per heavy atom. The molecule has 1 rings (SSSR count). The minimum atomic E-state index is -0.121. The van der Waals surface area contributed by atoms with Gasteiger partial charge in [0.25, 0.3) is 0 Å². The molecule has 0 aromatic carbocycles. The van der Waals surface area contributed by atoms with Crippen LogP contribution in [-0.4, -0.2) is 12.6 Å². The SMILES string of the molecule is CNCc1oc(COC(C)(C)C)cc1C. The summed E-state index contributed by atoms with van der Waals surface area (Å²) in [6.07, 6.45) is 0. The minimum Gasteiger partial charge on any atom is -0.462 e. The summed E-state index contributed by atoms with van der Waals surface area (Å²) in [4.78, 5) is 0. The first-order chi connectivity index (χ1) is 6.92. The van der Waals surface area contributed by atoms with Gasteiger partial charge in [0.2, 0.25) is 0 Å². The van der Waals surface area contributed by atoms with Crippen LogP contribution in [0.2, 0.25) is 0 Å². The fourth-order valence-electron chi connectivity index (χ4n) is 1.29. The topological polar surface area (TPSA) is 34.4 Å². The molecular formula is C12H21NO2. The van der Waals surface area contributed by atoms with Crippen molar-refractivity contribution in [2.24, 2.45) is 0 Å². The van der Waals surface area contributed by atoms with Crippen LogP contribution in [0, 0.1) is 6.92 Å². The molecule has 0 aliphatic heterocycles. The van der Waals surface area contributed by atoms with E-state index in [1.54, 1.807) is 0 Å². The lowest BCUT2D eigenvalue weighted by Crippen LogP contribution is -2.18. The Morgan fingerprint density at radius 3 is 2.60 bits per heavy atom. The Bertz CT molecular complexity index is 310. The summed E-state index contributed by atoms with van der Waals surface area (Å²) >= 11 is 0. The summed E-state index contributed by atoms with van der Waals surface area (Å²) in [6.45, 7) is 9.47. The third-order valence-electron chi connectivity index (χ3n) is 2.06. The number of ether oxygens (including phenoxy) is 1. The molecule has 1 heterocycles. The predicted molar refractivity (Wildman–Crippen MR) is 60.8 cm³/mol. The van der Waals surface area contributed by atoms with Crippen molar-refractivity contribution in [2.75, 3.05) is 7.05 Å². The van der Waals surface area contributed by atoms with E-state index in [0.29, 0.717) is 6.61 Å². The second-order valence-electron chi connectivity index (χ2n) is 4.75. The van der Waals surface area contributed by atoms with Crippen molar-refractivity contribution >= 4 is 0 Å². The highest BCUT2D eigenvalue weighted by Crippen LogP contribution is 2.17. The average molecular weight is 211 g/mol. The highest BCUT2D eigenvalue weighted by molar-refractivity contribution is 5.19.